The molecule has 1 aromatic rings. The molecule has 1 atom stereocenters. The third kappa shape index (κ3) is 3.78. The van der Waals surface area contributed by atoms with Crippen LogP contribution in [0.15, 0.2) is 29.3 Å². The molecule has 1 aromatic carbocycles. The van der Waals surface area contributed by atoms with Crippen molar-refractivity contribution in [1.82, 2.24) is 10.2 Å². The van der Waals surface area contributed by atoms with Crippen LogP contribution in [0.3, 0.4) is 0 Å². The van der Waals surface area contributed by atoms with Crippen molar-refractivity contribution in [3.8, 4) is 11.5 Å². The van der Waals surface area contributed by atoms with Gasteiger partial charge in [0.05, 0.1) is 14.2 Å². The monoisotopic (exact) mass is 354 g/mol. The zero-order valence-electron chi connectivity index (χ0n) is 12.7. The van der Waals surface area contributed by atoms with E-state index < -0.39 is 0 Å². The fourth-order valence-corrected chi connectivity index (χ4v) is 3.28. The summed E-state index contributed by atoms with van der Waals surface area (Å²) in [7, 11) is 3.35. The van der Waals surface area contributed by atoms with Crippen molar-refractivity contribution in [3.63, 3.8) is 0 Å². The van der Waals surface area contributed by atoms with Crippen molar-refractivity contribution in [1.29, 1.82) is 0 Å². The molecule has 1 N–H and O–H groups in total. The van der Waals surface area contributed by atoms with Gasteiger partial charge in [-0.15, -0.1) is 6.58 Å². The van der Waals surface area contributed by atoms with E-state index in [-0.39, 0.29) is 0 Å². The summed E-state index contributed by atoms with van der Waals surface area (Å²) in [5.74, 6) is 1.60. The molecule has 0 spiro atoms. The lowest BCUT2D eigenvalue weighted by Gasteiger charge is -2.35. The number of nitrogens with zero attached hydrogens (tertiary/aromatic N) is 1. The van der Waals surface area contributed by atoms with Crippen molar-refractivity contribution in [2.24, 2.45) is 0 Å². The van der Waals surface area contributed by atoms with Crippen LogP contribution in [0.1, 0.15) is 18.0 Å². The molecule has 0 saturated carbocycles. The van der Waals surface area contributed by atoms with Crippen LogP contribution in [0.4, 0.5) is 0 Å². The largest absolute Gasteiger partial charge is 0.495 e. The van der Waals surface area contributed by atoms with E-state index in [0.717, 1.165) is 48.6 Å². The van der Waals surface area contributed by atoms with Crippen LogP contribution in [0.25, 0.3) is 0 Å². The molecular formula is C16H23BrN2O2. The Morgan fingerprint density at radius 1 is 1.29 bits per heavy atom. The minimum Gasteiger partial charge on any atom is -0.495 e. The third-order valence-corrected chi connectivity index (χ3v) is 4.62. The van der Waals surface area contributed by atoms with E-state index in [9.17, 15) is 0 Å². The summed E-state index contributed by atoms with van der Waals surface area (Å²) >= 11 is 3.53. The molecule has 0 radical (unpaired) electrons. The maximum Gasteiger partial charge on any atom is 0.137 e. The first kappa shape index (κ1) is 16.3. The Bertz CT molecular complexity index is 462. The van der Waals surface area contributed by atoms with Crippen LogP contribution in [0.5, 0.6) is 11.5 Å². The molecule has 2 rings (SSSR count). The number of nitrogens with one attached hydrogen (secondary N) is 1. The predicted molar refractivity (Wildman–Crippen MR) is 89.2 cm³/mol. The van der Waals surface area contributed by atoms with Gasteiger partial charge in [0.1, 0.15) is 16.0 Å². The van der Waals surface area contributed by atoms with Crippen LogP contribution in [-0.4, -0.2) is 45.3 Å². The quantitative estimate of drug-likeness (QED) is 0.796. The number of rotatable bonds is 6. The van der Waals surface area contributed by atoms with E-state index in [1.807, 2.05) is 6.08 Å². The highest BCUT2D eigenvalue weighted by Crippen LogP contribution is 2.39. The lowest BCUT2D eigenvalue weighted by molar-refractivity contribution is 0.174. The maximum absolute atomic E-state index is 5.46. The summed E-state index contributed by atoms with van der Waals surface area (Å²) in [5.41, 5.74) is 1.20. The van der Waals surface area contributed by atoms with E-state index in [0.29, 0.717) is 6.04 Å². The molecule has 1 aliphatic heterocycles. The highest BCUT2D eigenvalue weighted by Gasteiger charge is 2.23. The van der Waals surface area contributed by atoms with Crippen LogP contribution in [0, 0.1) is 0 Å². The molecule has 1 fully saturated rings. The van der Waals surface area contributed by atoms with Gasteiger partial charge in [-0.3, -0.25) is 4.90 Å². The number of benzene rings is 1. The zero-order chi connectivity index (χ0) is 15.2. The number of halogens is 1. The Balaban J connectivity index is 2.36. The Morgan fingerprint density at radius 2 is 1.86 bits per heavy atom. The van der Waals surface area contributed by atoms with Crippen molar-refractivity contribution < 1.29 is 9.47 Å². The normalized spacial score (nSPS) is 17.3. The number of hydrogen-bond donors (Lipinski definition) is 1. The summed E-state index contributed by atoms with van der Waals surface area (Å²) < 4.78 is 11.8. The van der Waals surface area contributed by atoms with Crippen molar-refractivity contribution >= 4 is 15.9 Å². The highest BCUT2D eigenvalue weighted by molar-refractivity contribution is 9.10. The summed E-state index contributed by atoms with van der Waals surface area (Å²) in [6.07, 6.45) is 2.89. The van der Waals surface area contributed by atoms with Gasteiger partial charge < -0.3 is 14.8 Å². The van der Waals surface area contributed by atoms with Gasteiger partial charge in [0, 0.05) is 32.2 Å². The molecule has 0 aliphatic carbocycles. The number of hydrogen-bond acceptors (Lipinski definition) is 4. The average Bonchev–Trinajstić information content (AvgIpc) is 2.54. The lowest BCUT2D eigenvalue weighted by atomic mass is 10.0. The molecular weight excluding hydrogens is 332 g/mol. The zero-order valence-corrected chi connectivity index (χ0v) is 14.3. The van der Waals surface area contributed by atoms with Gasteiger partial charge in [-0.25, -0.2) is 0 Å². The van der Waals surface area contributed by atoms with Crippen molar-refractivity contribution in [2.45, 2.75) is 12.5 Å². The van der Waals surface area contributed by atoms with Crippen molar-refractivity contribution in [2.75, 3.05) is 40.4 Å². The molecule has 0 unspecified atom stereocenters. The topological polar surface area (TPSA) is 33.7 Å². The molecule has 5 heteroatoms. The van der Waals surface area contributed by atoms with Crippen LogP contribution < -0.4 is 14.8 Å². The Morgan fingerprint density at radius 3 is 2.33 bits per heavy atom. The maximum atomic E-state index is 5.46. The van der Waals surface area contributed by atoms with E-state index in [2.05, 4.69) is 44.9 Å². The first-order chi connectivity index (χ1) is 10.2. The van der Waals surface area contributed by atoms with E-state index >= 15 is 0 Å². The molecule has 116 valence electrons. The Hall–Kier alpha value is -1.04. The summed E-state index contributed by atoms with van der Waals surface area (Å²) in [4.78, 5) is 2.49. The third-order valence-electron chi connectivity index (χ3n) is 3.84. The molecule has 0 aromatic heterocycles. The second-order valence-corrected chi connectivity index (χ2v) is 5.86. The van der Waals surface area contributed by atoms with Gasteiger partial charge in [-0.2, -0.15) is 0 Å². The van der Waals surface area contributed by atoms with Crippen LogP contribution in [0.2, 0.25) is 0 Å². The van der Waals surface area contributed by atoms with Crippen LogP contribution in [-0.2, 0) is 0 Å². The summed E-state index contributed by atoms with van der Waals surface area (Å²) in [5, 5.41) is 3.39. The fourth-order valence-electron chi connectivity index (χ4n) is 2.73. The minimum absolute atomic E-state index is 0.306. The van der Waals surface area contributed by atoms with Gasteiger partial charge in [0.15, 0.2) is 0 Å². The summed E-state index contributed by atoms with van der Waals surface area (Å²) in [6, 6.07) is 4.48. The van der Waals surface area contributed by atoms with Gasteiger partial charge in [-0.05, 0) is 40.0 Å². The molecule has 4 nitrogen and oxygen atoms in total. The van der Waals surface area contributed by atoms with E-state index in [4.69, 9.17) is 9.47 Å². The number of methoxy groups -OCH3 is 2. The van der Waals surface area contributed by atoms with Gasteiger partial charge in [0.25, 0.3) is 0 Å². The molecule has 1 aliphatic rings. The minimum atomic E-state index is 0.306. The smallest absolute Gasteiger partial charge is 0.137 e. The second-order valence-electron chi connectivity index (χ2n) is 5.07. The molecule has 0 bridgehead atoms. The average molecular weight is 355 g/mol. The standard InChI is InChI=1S/C16H23BrN2O2/c1-4-5-13(19-8-6-18-7-9-19)12-10-14(20-2)16(17)15(11-12)21-3/h4,10-11,13,18H,1,5-9H2,2-3H3/t13-/m0/s1. The lowest BCUT2D eigenvalue weighted by Crippen LogP contribution is -2.45. The molecule has 1 heterocycles. The highest BCUT2D eigenvalue weighted by atomic mass is 79.9. The molecule has 0 amide bonds. The van der Waals surface area contributed by atoms with Gasteiger partial charge in [0.2, 0.25) is 0 Å². The first-order valence-corrected chi connectivity index (χ1v) is 7.97. The first-order valence-electron chi connectivity index (χ1n) is 7.18. The number of piperazine rings is 1. The van der Waals surface area contributed by atoms with Crippen molar-refractivity contribution in [3.05, 3.63) is 34.8 Å². The van der Waals surface area contributed by atoms with Gasteiger partial charge >= 0.3 is 0 Å². The second kappa shape index (κ2) is 7.82. The number of ether oxygens (including phenoxy) is 2. The summed E-state index contributed by atoms with van der Waals surface area (Å²) in [6.45, 7) is 8.04. The molecule has 21 heavy (non-hydrogen) atoms. The van der Waals surface area contributed by atoms with Crippen LogP contribution >= 0.6 is 15.9 Å². The Labute approximate surface area is 135 Å². The Kier molecular flexibility index (Phi) is 6.08. The van der Waals surface area contributed by atoms with Gasteiger partial charge in [-0.1, -0.05) is 6.08 Å². The molecule has 1 saturated heterocycles. The SMILES string of the molecule is C=CC[C@@H](c1cc(OC)c(Br)c(OC)c1)N1CCNCC1. The predicted octanol–water partition coefficient (Wildman–Crippen LogP) is 2.99. The van der Waals surface area contributed by atoms with E-state index in [1.54, 1.807) is 14.2 Å². The fraction of sp³-hybridized carbons (Fsp3) is 0.500. The van der Waals surface area contributed by atoms with E-state index in [1.165, 1.54) is 5.56 Å².